The van der Waals surface area contributed by atoms with Crippen LogP contribution in [0.4, 0.5) is 16.5 Å². The van der Waals surface area contributed by atoms with Crippen LogP contribution < -0.4 is 16.8 Å². The van der Waals surface area contributed by atoms with E-state index in [0.29, 0.717) is 27.1 Å². The van der Waals surface area contributed by atoms with E-state index < -0.39 is 5.91 Å². The third-order valence-corrected chi connectivity index (χ3v) is 4.10. The standard InChI is InChI=1S/C14H11ClN4OS/c15-8-2-4-10-12(6-8)21-14(18-10)19-11-5-7(13(17)20)1-3-9(11)16/h1-6H,16H2,(H2,17,20)(H,18,19). The first-order valence-electron chi connectivity index (χ1n) is 6.05. The Morgan fingerprint density at radius 1 is 1.24 bits per heavy atom. The van der Waals surface area contributed by atoms with E-state index in [4.69, 9.17) is 23.1 Å². The summed E-state index contributed by atoms with van der Waals surface area (Å²) in [7, 11) is 0. The van der Waals surface area contributed by atoms with Crippen molar-refractivity contribution in [3.63, 3.8) is 0 Å². The lowest BCUT2D eigenvalue weighted by Gasteiger charge is -2.07. The van der Waals surface area contributed by atoms with Crippen molar-refractivity contribution in [3.8, 4) is 0 Å². The molecular formula is C14H11ClN4OS. The number of hydrogen-bond donors (Lipinski definition) is 3. The van der Waals surface area contributed by atoms with Gasteiger partial charge in [-0.1, -0.05) is 22.9 Å². The Hall–Kier alpha value is -2.31. The van der Waals surface area contributed by atoms with Crippen molar-refractivity contribution < 1.29 is 4.79 Å². The van der Waals surface area contributed by atoms with E-state index in [2.05, 4.69) is 10.3 Å². The number of rotatable bonds is 3. The summed E-state index contributed by atoms with van der Waals surface area (Å²) in [6.45, 7) is 0. The molecule has 0 spiro atoms. The van der Waals surface area contributed by atoms with E-state index in [1.165, 1.54) is 11.3 Å². The molecule has 3 aromatic rings. The van der Waals surface area contributed by atoms with Crippen LogP contribution in [0.2, 0.25) is 5.02 Å². The van der Waals surface area contributed by atoms with Crippen LogP contribution in [-0.4, -0.2) is 10.9 Å². The Balaban J connectivity index is 1.98. The van der Waals surface area contributed by atoms with Crippen molar-refractivity contribution in [1.29, 1.82) is 0 Å². The molecule has 106 valence electrons. The lowest BCUT2D eigenvalue weighted by molar-refractivity contribution is 0.100. The summed E-state index contributed by atoms with van der Waals surface area (Å²) in [4.78, 5) is 15.7. The molecule has 0 saturated carbocycles. The molecule has 5 nitrogen and oxygen atoms in total. The highest BCUT2D eigenvalue weighted by Gasteiger charge is 2.09. The fraction of sp³-hybridized carbons (Fsp3) is 0. The number of halogens is 1. The van der Waals surface area contributed by atoms with Gasteiger partial charge in [-0.3, -0.25) is 4.79 Å². The molecule has 1 heterocycles. The summed E-state index contributed by atoms with van der Waals surface area (Å²) in [5, 5.41) is 4.44. The van der Waals surface area contributed by atoms with Gasteiger partial charge in [0, 0.05) is 10.6 Å². The van der Waals surface area contributed by atoms with Crippen molar-refractivity contribution in [2.75, 3.05) is 11.1 Å². The van der Waals surface area contributed by atoms with Crippen LogP contribution in [-0.2, 0) is 0 Å². The summed E-state index contributed by atoms with van der Waals surface area (Å²) in [6, 6.07) is 10.3. The van der Waals surface area contributed by atoms with E-state index in [-0.39, 0.29) is 0 Å². The van der Waals surface area contributed by atoms with Crippen LogP contribution in [0.5, 0.6) is 0 Å². The number of thiazole rings is 1. The molecule has 1 amide bonds. The lowest BCUT2D eigenvalue weighted by Crippen LogP contribution is -2.11. The number of hydrogen-bond acceptors (Lipinski definition) is 5. The van der Waals surface area contributed by atoms with Crippen LogP contribution in [0.1, 0.15) is 10.4 Å². The number of nitrogens with two attached hydrogens (primary N) is 2. The molecule has 0 aliphatic carbocycles. The highest BCUT2D eigenvalue weighted by atomic mass is 35.5. The average molecular weight is 319 g/mol. The first kappa shape index (κ1) is 13.7. The number of primary amides is 1. The Morgan fingerprint density at radius 2 is 2.05 bits per heavy atom. The maximum atomic E-state index is 11.2. The third-order valence-electron chi connectivity index (χ3n) is 2.93. The number of fused-ring (bicyclic) bond motifs is 1. The van der Waals surface area contributed by atoms with Gasteiger partial charge in [0.2, 0.25) is 5.91 Å². The van der Waals surface area contributed by atoms with Crippen molar-refractivity contribution in [2.45, 2.75) is 0 Å². The zero-order valence-electron chi connectivity index (χ0n) is 10.8. The van der Waals surface area contributed by atoms with E-state index in [0.717, 1.165) is 10.2 Å². The SMILES string of the molecule is NC(=O)c1ccc(N)c(Nc2nc3ccc(Cl)cc3s2)c1. The monoisotopic (exact) mass is 318 g/mol. The fourth-order valence-electron chi connectivity index (χ4n) is 1.88. The van der Waals surface area contributed by atoms with Crippen molar-refractivity contribution >= 4 is 55.6 Å². The molecule has 0 fully saturated rings. The van der Waals surface area contributed by atoms with Gasteiger partial charge in [0.25, 0.3) is 0 Å². The van der Waals surface area contributed by atoms with Crippen LogP contribution in [0.3, 0.4) is 0 Å². The predicted molar refractivity (Wildman–Crippen MR) is 87.3 cm³/mol. The summed E-state index contributed by atoms with van der Waals surface area (Å²) in [5.74, 6) is -0.505. The first-order valence-corrected chi connectivity index (χ1v) is 7.25. The highest BCUT2D eigenvalue weighted by Crippen LogP contribution is 2.32. The van der Waals surface area contributed by atoms with Gasteiger partial charge >= 0.3 is 0 Å². The summed E-state index contributed by atoms with van der Waals surface area (Å²) < 4.78 is 0.967. The Bertz CT molecular complexity index is 846. The van der Waals surface area contributed by atoms with Crippen molar-refractivity contribution in [3.05, 3.63) is 47.0 Å². The molecule has 3 rings (SSSR count). The molecule has 0 atom stereocenters. The minimum atomic E-state index is -0.505. The minimum absolute atomic E-state index is 0.385. The fourth-order valence-corrected chi connectivity index (χ4v) is 3.04. The van der Waals surface area contributed by atoms with Gasteiger partial charge in [0.05, 0.1) is 21.6 Å². The molecule has 2 aromatic carbocycles. The lowest BCUT2D eigenvalue weighted by atomic mass is 10.1. The minimum Gasteiger partial charge on any atom is -0.397 e. The third kappa shape index (κ3) is 2.76. The van der Waals surface area contributed by atoms with Gasteiger partial charge in [-0.2, -0.15) is 0 Å². The average Bonchev–Trinajstić information content (AvgIpc) is 2.82. The second-order valence-corrected chi connectivity index (χ2v) is 5.89. The zero-order chi connectivity index (χ0) is 15.0. The molecular weight excluding hydrogens is 308 g/mol. The number of carbonyl (C=O) groups is 1. The number of nitrogens with one attached hydrogen (secondary N) is 1. The highest BCUT2D eigenvalue weighted by molar-refractivity contribution is 7.22. The molecule has 0 aliphatic rings. The largest absolute Gasteiger partial charge is 0.397 e. The summed E-state index contributed by atoms with van der Waals surface area (Å²) in [6.07, 6.45) is 0. The van der Waals surface area contributed by atoms with E-state index in [1.807, 2.05) is 12.1 Å². The smallest absolute Gasteiger partial charge is 0.248 e. The number of benzene rings is 2. The van der Waals surface area contributed by atoms with Crippen molar-refractivity contribution in [1.82, 2.24) is 4.98 Å². The van der Waals surface area contributed by atoms with Crippen LogP contribution in [0.25, 0.3) is 10.2 Å². The molecule has 5 N–H and O–H groups in total. The first-order chi connectivity index (χ1) is 10.0. The van der Waals surface area contributed by atoms with E-state index in [9.17, 15) is 4.79 Å². The number of nitrogen functional groups attached to an aromatic ring is 1. The maximum Gasteiger partial charge on any atom is 0.248 e. The topological polar surface area (TPSA) is 94.0 Å². The molecule has 7 heteroatoms. The van der Waals surface area contributed by atoms with Gasteiger partial charge in [0.15, 0.2) is 5.13 Å². The van der Waals surface area contributed by atoms with Crippen LogP contribution in [0, 0.1) is 0 Å². The number of amides is 1. The number of aromatic nitrogens is 1. The van der Waals surface area contributed by atoms with Gasteiger partial charge in [0.1, 0.15) is 0 Å². The number of nitrogens with zero attached hydrogens (tertiary/aromatic N) is 1. The zero-order valence-corrected chi connectivity index (χ0v) is 12.3. The maximum absolute atomic E-state index is 11.2. The second-order valence-electron chi connectivity index (χ2n) is 4.42. The molecule has 0 unspecified atom stereocenters. The van der Waals surface area contributed by atoms with Crippen LogP contribution in [0.15, 0.2) is 36.4 Å². The Morgan fingerprint density at radius 3 is 2.81 bits per heavy atom. The number of carbonyl (C=O) groups excluding carboxylic acids is 1. The van der Waals surface area contributed by atoms with E-state index >= 15 is 0 Å². The molecule has 0 aliphatic heterocycles. The van der Waals surface area contributed by atoms with E-state index in [1.54, 1.807) is 24.3 Å². The van der Waals surface area contributed by atoms with Gasteiger partial charge < -0.3 is 16.8 Å². The quantitative estimate of drug-likeness (QED) is 0.645. The second kappa shape index (κ2) is 5.23. The Labute approximate surface area is 129 Å². The summed E-state index contributed by atoms with van der Waals surface area (Å²) >= 11 is 7.41. The van der Waals surface area contributed by atoms with Gasteiger partial charge in [-0.25, -0.2) is 4.98 Å². The van der Waals surface area contributed by atoms with Gasteiger partial charge in [-0.15, -0.1) is 0 Å². The molecule has 1 aromatic heterocycles. The predicted octanol–water partition coefficient (Wildman–Crippen LogP) is 3.37. The van der Waals surface area contributed by atoms with Crippen LogP contribution >= 0.6 is 22.9 Å². The van der Waals surface area contributed by atoms with Gasteiger partial charge in [-0.05, 0) is 36.4 Å². The molecule has 21 heavy (non-hydrogen) atoms. The molecule has 0 saturated heterocycles. The number of anilines is 3. The van der Waals surface area contributed by atoms with Crippen molar-refractivity contribution in [2.24, 2.45) is 5.73 Å². The molecule has 0 bridgehead atoms. The molecule has 0 radical (unpaired) electrons. The summed E-state index contributed by atoms with van der Waals surface area (Å²) in [5.41, 5.74) is 13.5. The Kier molecular flexibility index (Phi) is 3.40. The normalized spacial score (nSPS) is 10.7.